The molecule has 0 radical (unpaired) electrons. The number of hydrogen-bond acceptors (Lipinski definition) is 3. The predicted molar refractivity (Wildman–Crippen MR) is 85.9 cm³/mol. The standard InChI is InChI=1S/C17H20N2O2/c1-12-4-6-15(7-5-12)19-17(20)13(2)18-14-8-10-16(21-3)11-9-14/h4-11,13,18H,1-3H3,(H,19,20). The lowest BCUT2D eigenvalue weighted by Gasteiger charge is -2.15. The van der Waals surface area contributed by atoms with Crippen LogP contribution in [0.5, 0.6) is 5.75 Å². The number of carbonyl (C=O) groups excluding carboxylic acids is 1. The van der Waals surface area contributed by atoms with Crippen LogP contribution >= 0.6 is 0 Å². The van der Waals surface area contributed by atoms with Crippen molar-refractivity contribution >= 4 is 17.3 Å². The highest BCUT2D eigenvalue weighted by Gasteiger charge is 2.12. The monoisotopic (exact) mass is 284 g/mol. The summed E-state index contributed by atoms with van der Waals surface area (Å²) in [5, 5.41) is 6.04. The summed E-state index contributed by atoms with van der Waals surface area (Å²) < 4.78 is 5.10. The molecule has 0 aliphatic rings. The van der Waals surface area contributed by atoms with Crippen molar-refractivity contribution in [1.82, 2.24) is 0 Å². The third-order valence-electron chi connectivity index (χ3n) is 3.19. The fourth-order valence-electron chi connectivity index (χ4n) is 1.89. The van der Waals surface area contributed by atoms with Crippen molar-refractivity contribution in [2.24, 2.45) is 0 Å². The highest BCUT2D eigenvalue weighted by Crippen LogP contribution is 2.16. The Morgan fingerprint density at radius 2 is 1.57 bits per heavy atom. The van der Waals surface area contributed by atoms with E-state index in [1.54, 1.807) is 7.11 Å². The summed E-state index contributed by atoms with van der Waals surface area (Å²) in [7, 11) is 1.63. The van der Waals surface area contributed by atoms with E-state index in [0.717, 1.165) is 22.7 Å². The van der Waals surface area contributed by atoms with Crippen molar-refractivity contribution < 1.29 is 9.53 Å². The molecule has 0 heterocycles. The first-order chi connectivity index (χ1) is 10.1. The lowest BCUT2D eigenvalue weighted by atomic mass is 10.2. The molecule has 110 valence electrons. The number of aryl methyl sites for hydroxylation is 1. The minimum absolute atomic E-state index is 0.0744. The van der Waals surface area contributed by atoms with Crippen LogP contribution in [0.2, 0.25) is 0 Å². The number of methoxy groups -OCH3 is 1. The number of hydrogen-bond donors (Lipinski definition) is 2. The Balaban J connectivity index is 1.93. The Labute approximate surface area is 125 Å². The minimum atomic E-state index is -0.334. The molecule has 0 aliphatic carbocycles. The number of rotatable bonds is 5. The average molecular weight is 284 g/mol. The zero-order valence-electron chi connectivity index (χ0n) is 12.5. The molecule has 0 saturated carbocycles. The van der Waals surface area contributed by atoms with Crippen LogP contribution in [0.15, 0.2) is 48.5 Å². The number of ether oxygens (including phenoxy) is 1. The second-order valence-corrected chi connectivity index (χ2v) is 4.95. The van der Waals surface area contributed by atoms with Crippen LogP contribution in [-0.2, 0) is 4.79 Å². The van der Waals surface area contributed by atoms with Gasteiger partial charge in [-0.2, -0.15) is 0 Å². The van der Waals surface area contributed by atoms with Gasteiger partial charge in [0.05, 0.1) is 7.11 Å². The van der Waals surface area contributed by atoms with Crippen LogP contribution in [0.1, 0.15) is 12.5 Å². The van der Waals surface area contributed by atoms with Gasteiger partial charge in [0.2, 0.25) is 5.91 Å². The van der Waals surface area contributed by atoms with E-state index >= 15 is 0 Å². The van der Waals surface area contributed by atoms with Crippen LogP contribution in [-0.4, -0.2) is 19.1 Å². The second kappa shape index (κ2) is 6.79. The first kappa shape index (κ1) is 14.9. The highest BCUT2D eigenvalue weighted by atomic mass is 16.5. The van der Waals surface area contributed by atoms with E-state index in [-0.39, 0.29) is 11.9 Å². The van der Waals surface area contributed by atoms with Gasteiger partial charge in [-0.3, -0.25) is 4.79 Å². The zero-order chi connectivity index (χ0) is 15.2. The van der Waals surface area contributed by atoms with Gasteiger partial charge in [0.15, 0.2) is 0 Å². The first-order valence-electron chi connectivity index (χ1n) is 6.86. The van der Waals surface area contributed by atoms with Gasteiger partial charge in [-0.05, 0) is 50.2 Å². The Bertz CT molecular complexity index is 591. The molecule has 2 aromatic rings. The molecule has 4 nitrogen and oxygen atoms in total. The van der Waals surface area contributed by atoms with E-state index in [2.05, 4.69) is 10.6 Å². The Hall–Kier alpha value is -2.49. The molecule has 1 amide bonds. The lowest BCUT2D eigenvalue weighted by Crippen LogP contribution is -2.31. The third kappa shape index (κ3) is 4.24. The van der Waals surface area contributed by atoms with Gasteiger partial charge in [0.1, 0.15) is 11.8 Å². The van der Waals surface area contributed by atoms with Gasteiger partial charge in [0, 0.05) is 11.4 Å². The molecule has 4 heteroatoms. The van der Waals surface area contributed by atoms with Gasteiger partial charge >= 0.3 is 0 Å². The molecule has 0 fully saturated rings. The van der Waals surface area contributed by atoms with E-state index in [1.807, 2.05) is 62.4 Å². The summed E-state index contributed by atoms with van der Waals surface area (Å²) in [4.78, 5) is 12.1. The molecule has 2 N–H and O–H groups in total. The molecule has 1 unspecified atom stereocenters. The van der Waals surface area contributed by atoms with Crippen molar-refractivity contribution in [2.45, 2.75) is 19.9 Å². The van der Waals surface area contributed by atoms with Crippen molar-refractivity contribution in [3.8, 4) is 5.75 Å². The fraction of sp³-hybridized carbons (Fsp3) is 0.235. The summed E-state index contributed by atoms with van der Waals surface area (Å²) in [5.74, 6) is 0.715. The maximum atomic E-state index is 12.1. The molecule has 21 heavy (non-hydrogen) atoms. The summed E-state index contributed by atoms with van der Waals surface area (Å²) >= 11 is 0. The van der Waals surface area contributed by atoms with E-state index in [4.69, 9.17) is 4.74 Å². The van der Waals surface area contributed by atoms with E-state index in [1.165, 1.54) is 0 Å². The smallest absolute Gasteiger partial charge is 0.246 e. The summed E-state index contributed by atoms with van der Waals surface area (Å²) in [5.41, 5.74) is 2.84. The van der Waals surface area contributed by atoms with Crippen LogP contribution in [0, 0.1) is 6.92 Å². The Kier molecular flexibility index (Phi) is 4.82. The molecule has 0 aliphatic heterocycles. The van der Waals surface area contributed by atoms with Gasteiger partial charge in [-0.25, -0.2) is 0 Å². The fourth-order valence-corrected chi connectivity index (χ4v) is 1.89. The average Bonchev–Trinajstić information content (AvgIpc) is 2.50. The second-order valence-electron chi connectivity index (χ2n) is 4.95. The van der Waals surface area contributed by atoms with Crippen LogP contribution in [0.25, 0.3) is 0 Å². The van der Waals surface area contributed by atoms with Gasteiger partial charge < -0.3 is 15.4 Å². The molecule has 0 saturated heterocycles. The molecular formula is C17H20N2O2. The molecule has 0 spiro atoms. The van der Waals surface area contributed by atoms with Crippen LogP contribution < -0.4 is 15.4 Å². The Morgan fingerprint density at radius 3 is 2.14 bits per heavy atom. The molecule has 2 rings (SSSR count). The lowest BCUT2D eigenvalue weighted by molar-refractivity contribution is -0.116. The van der Waals surface area contributed by atoms with Crippen molar-refractivity contribution in [2.75, 3.05) is 17.7 Å². The molecular weight excluding hydrogens is 264 g/mol. The number of amides is 1. The Morgan fingerprint density at radius 1 is 1.00 bits per heavy atom. The van der Waals surface area contributed by atoms with Crippen molar-refractivity contribution in [1.29, 1.82) is 0 Å². The minimum Gasteiger partial charge on any atom is -0.497 e. The normalized spacial score (nSPS) is 11.6. The van der Waals surface area contributed by atoms with E-state index < -0.39 is 0 Å². The third-order valence-corrected chi connectivity index (χ3v) is 3.19. The number of benzene rings is 2. The first-order valence-corrected chi connectivity index (χ1v) is 6.86. The summed E-state index contributed by atoms with van der Waals surface area (Å²) in [6.07, 6.45) is 0. The highest BCUT2D eigenvalue weighted by molar-refractivity contribution is 5.96. The maximum absolute atomic E-state index is 12.1. The number of carbonyl (C=O) groups is 1. The van der Waals surface area contributed by atoms with Crippen molar-refractivity contribution in [3.63, 3.8) is 0 Å². The molecule has 1 atom stereocenters. The van der Waals surface area contributed by atoms with E-state index in [0.29, 0.717) is 0 Å². The van der Waals surface area contributed by atoms with Crippen LogP contribution in [0.4, 0.5) is 11.4 Å². The van der Waals surface area contributed by atoms with Crippen molar-refractivity contribution in [3.05, 3.63) is 54.1 Å². The summed E-state index contributed by atoms with van der Waals surface area (Å²) in [6.45, 7) is 3.84. The van der Waals surface area contributed by atoms with E-state index in [9.17, 15) is 4.79 Å². The summed E-state index contributed by atoms with van der Waals surface area (Å²) in [6, 6.07) is 14.9. The number of nitrogens with one attached hydrogen (secondary N) is 2. The molecule has 2 aromatic carbocycles. The SMILES string of the molecule is COc1ccc(NC(C)C(=O)Nc2ccc(C)cc2)cc1. The largest absolute Gasteiger partial charge is 0.497 e. The van der Waals surface area contributed by atoms with Gasteiger partial charge in [-0.15, -0.1) is 0 Å². The number of anilines is 2. The van der Waals surface area contributed by atoms with Crippen LogP contribution in [0.3, 0.4) is 0 Å². The van der Waals surface area contributed by atoms with Gasteiger partial charge in [0.25, 0.3) is 0 Å². The van der Waals surface area contributed by atoms with Gasteiger partial charge in [-0.1, -0.05) is 17.7 Å². The zero-order valence-corrected chi connectivity index (χ0v) is 12.5. The maximum Gasteiger partial charge on any atom is 0.246 e. The topological polar surface area (TPSA) is 50.4 Å². The predicted octanol–water partition coefficient (Wildman–Crippen LogP) is 3.44. The molecule has 0 aromatic heterocycles. The molecule has 0 bridgehead atoms. The quantitative estimate of drug-likeness (QED) is 0.884.